The largest absolute Gasteiger partial charge is 0.490 e. The Balaban J connectivity index is 1.37. The summed E-state index contributed by atoms with van der Waals surface area (Å²) in [5.41, 5.74) is 16.8. The first-order valence-electron chi connectivity index (χ1n) is 28.3. The summed E-state index contributed by atoms with van der Waals surface area (Å²) >= 11 is 0. The van der Waals surface area contributed by atoms with Crippen LogP contribution >= 0.6 is 0 Å². The lowest BCUT2D eigenvalue weighted by atomic mass is 9.78. The van der Waals surface area contributed by atoms with Gasteiger partial charge in [0.05, 0.1) is 22.8 Å². The highest BCUT2D eigenvalue weighted by atomic mass is 16.6. The van der Waals surface area contributed by atoms with E-state index in [9.17, 15) is 19.2 Å². The predicted molar refractivity (Wildman–Crippen MR) is 333 cm³/mol. The number of ether oxygens (including phenoxy) is 4. The maximum atomic E-state index is 12.1. The number of aromatic amines is 2. The van der Waals surface area contributed by atoms with Crippen LogP contribution in [0.2, 0.25) is 0 Å². The number of aliphatic carboxylic acids is 2. The van der Waals surface area contributed by atoms with Crippen LogP contribution in [-0.2, 0) is 50.3 Å². The number of H-pyrrole nitrogens is 2. The van der Waals surface area contributed by atoms with Crippen molar-refractivity contribution >= 4 is 70.2 Å². The second kappa shape index (κ2) is 23.7. The zero-order valence-electron chi connectivity index (χ0n) is 50.0. The van der Waals surface area contributed by atoms with Crippen LogP contribution in [0.1, 0.15) is 141 Å². The van der Waals surface area contributed by atoms with Crippen LogP contribution in [0.3, 0.4) is 0 Å². The van der Waals surface area contributed by atoms with E-state index in [1.807, 2.05) is 48.5 Å². The van der Waals surface area contributed by atoms with Crippen LogP contribution in [0.25, 0.3) is 90.9 Å². The highest BCUT2D eigenvalue weighted by Gasteiger charge is 2.27. The summed E-state index contributed by atoms with van der Waals surface area (Å²) < 4.78 is 22.6. The molecule has 0 spiro atoms. The van der Waals surface area contributed by atoms with Gasteiger partial charge in [0.15, 0.2) is 0 Å². The number of nitrogens with one attached hydrogen (secondary N) is 2. The van der Waals surface area contributed by atoms with E-state index in [1.54, 1.807) is 0 Å². The number of carbonyl (C=O) groups excluding carboxylic acids is 2. The van der Waals surface area contributed by atoms with Crippen LogP contribution < -0.4 is 9.47 Å². The number of hydrogen-bond donors (Lipinski definition) is 4. The number of aromatic nitrogens is 4. The highest BCUT2D eigenvalue weighted by Crippen LogP contribution is 2.43. The molecule has 3 aromatic heterocycles. The minimum atomic E-state index is -1.27. The van der Waals surface area contributed by atoms with Crippen molar-refractivity contribution in [3.8, 4) is 56.0 Å². The number of rotatable bonds is 16. The van der Waals surface area contributed by atoms with E-state index >= 15 is 0 Å². The molecule has 9 rings (SSSR count). The molecule has 8 bridgehead atoms. The Hall–Kier alpha value is -9.04. The molecule has 0 atom stereocenters. The molecular weight excluding hydrogens is 1060 g/mol. The Bertz CT molecular complexity index is 3640. The van der Waals surface area contributed by atoms with Crippen molar-refractivity contribution in [2.45, 2.75) is 118 Å². The fourth-order valence-corrected chi connectivity index (χ4v) is 10.2. The smallest absolute Gasteiger partial charge is 0.317 e. The zero-order chi connectivity index (χ0) is 60.5. The van der Waals surface area contributed by atoms with E-state index in [4.69, 9.17) is 39.1 Å². The Labute approximate surface area is 490 Å². The number of benzene rings is 4. The molecule has 14 nitrogen and oxygen atoms in total. The summed E-state index contributed by atoms with van der Waals surface area (Å²) in [6.07, 6.45) is 6.77. The lowest BCUT2D eigenvalue weighted by Crippen LogP contribution is -2.16. The van der Waals surface area contributed by atoms with Crippen LogP contribution in [0.5, 0.6) is 11.5 Å². The lowest BCUT2D eigenvalue weighted by Gasteiger charge is -2.26. The minimum absolute atomic E-state index is 0.00187. The number of carboxylic acid groups (broad SMARTS) is 2. The van der Waals surface area contributed by atoms with Crippen LogP contribution in [0.15, 0.2) is 109 Å². The SMILES string of the molecule is CC(C)(C)c1cc(-c2c3nc(c(-c4cccc(OCCOC(=O)CC(=O)O)c4)c4ccc([nH]4)c(-c4cc(C(C)(C)C)cc(C(C)(C)C)c4)c4nc(c(-c5cccc(OCCOC(=O)CC(=O)O)c5)c5ccc2[nH]5)C=C4)C=C3)cc(C(C)(C)C)c1. The van der Waals surface area contributed by atoms with Gasteiger partial charge < -0.3 is 39.1 Å². The van der Waals surface area contributed by atoms with Gasteiger partial charge >= 0.3 is 23.9 Å². The second-order valence-corrected chi connectivity index (χ2v) is 25.4. The minimum Gasteiger partial charge on any atom is -0.490 e. The van der Waals surface area contributed by atoms with Crippen LogP contribution in [0.4, 0.5) is 0 Å². The maximum absolute atomic E-state index is 12.1. The third-order valence-corrected chi connectivity index (χ3v) is 14.7. The second-order valence-electron chi connectivity index (χ2n) is 25.4. The van der Waals surface area contributed by atoms with Gasteiger partial charge in [-0.2, -0.15) is 0 Å². The molecule has 2 aliphatic rings. The van der Waals surface area contributed by atoms with Crippen molar-refractivity contribution in [3.05, 3.63) is 154 Å². The molecule has 7 aromatic rings. The number of carbonyl (C=O) groups is 4. The van der Waals surface area contributed by atoms with Crippen LogP contribution in [-0.4, -0.2) is 80.5 Å². The van der Waals surface area contributed by atoms with Crippen LogP contribution in [0, 0.1) is 0 Å². The molecule has 4 aromatic carbocycles. The average Bonchev–Trinajstić information content (AvgIpc) is 1.66. The predicted octanol–water partition coefficient (Wildman–Crippen LogP) is 15.3. The van der Waals surface area contributed by atoms with Crippen molar-refractivity contribution in [1.29, 1.82) is 0 Å². The van der Waals surface area contributed by atoms with Gasteiger partial charge in [-0.3, -0.25) is 19.2 Å². The zero-order valence-corrected chi connectivity index (χ0v) is 50.0. The van der Waals surface area contributed by atoms with Gasteiger partial charge in [-0.15, -0.1) is 0 Å². The quantitative estimate of drug-likeness (QED) is 0.0406. The lowest BCUT2D eigenvalue weighted by molar-refractivity contribution is -0.153. The van der Waals surface area contributed by atoms with Crippen molar-refractivity contribution in [2.24, 2.45) is 0 Å². The Morgan fingerprint density at radius 3 is 0.976 bits per heavy atom. The van der Waals surface area contributed by atoms with Gasteiger partial charge in [-0.1, -0.05) is 144 Å². The molecule has 0 fully saturated rings. The topological polar surface area (TPSA) is 203 Å². The summed E-state index contributed by atoms with van der Waals surface area (Å²) in [6, 6.07) is 37.4. The van der Waals surface area contributed by atoms with E-state index in [0.717, 1.165) is 78.0 Å². The third kappa shape index (κ3) is 13.9. The number of fused-ring (bicyclic) bond motifs is 8. The number of nitrogens with zero attached hydrogens (tertiary/aromatic N) is 2. The Kier molecular flexibility index (Phi) is 16.8. The van der Waals surface area contributed by atoms with Crippen molar-refractivity contribution in [3.63, 3.8) is 0 Å². The Morgan fingerprint density at radius 2 is 0.690 bits per heavy atom. The van der Waals surface area contributed by atoms with Gasteiger partial charge in [-0.05, 0) is 139 Å². The van der Waals surface area contributed by atoms with Crippen molar-refractivity contribution < 1.29 is 48.3 Å². The van der Waals surface area contributed by atoms with Gasteiger partial charge in [0.1, 0.15) is 50.8 Å². The van der Waals surface area contributed by atoms with Gasteiger partial charge in [0, 0.05) is 44.3 Å². The van der Waals surface area contributed by atoms with Gasteiger partial charge in [0.2, 0.25) is 0 Å². The Morgan fingerprint density at radius 1 is 0.393 bits per heavy atom. The molecule has 0 amide bonds. The molecule has 84 heavy (non-hydrogen) atoms. The monoisotopic (exact) mass is 1130 g/mol. The van der Waals surface area contributed by atoms with Crippen molar-refractivity contribution in [1.82, 2.24) is 19.9 Å². The third-order valence-electron chi connectivity index (χ3n) is 14.7. The van der Waals surface area contributed by atoms with Gasteiger partial charge in [0.25, 0.3) is 0 Å². The molecule has 4 N–H and O–H groups in total. The fraction of sp³-hybridized carbons (Fsp3) is 0.314. The average molecular weight is 1130 g/mol. The molecular formula is C70H74N4O10. The molecule has 0 saturated heterocycles. The highest BCUT2D eigenvalue weighted by molar-refractivity contribution is 6.00. The van der Waals surface area contributed by atoms with E-state index in [2.05, 4.69) is 178 Å². The molecule has 0 radical (unpaired) electrons. The number of esters is 2. The van der Waals surface area contributed by atoms with Gasteiger partial charge in [-0.25, -0.2) is 9.97 Å². The number of carboxylic acids is 2. The summed E-state index contributed by atoms with van der Waals surface area (Å²) in [7, 11) is 0. The number of hydrogen-bond acceptors (Lipinski definition) is 10. The molecule has 0 aliphatic carbocycles. The van der Waals surface area contributed by atoms with E-state index in [1.165, 1.54) is 22.3 Å². The molecule has 0 unspecified atom stereocenters. The molecule has 0 saturated carbocycles. The first-order valence-corrected chi connectivity index (χ1v) is 28.3. The van der Waals surface area contributed by atoms with Crippen molar-refractivity contribution in [2.75, 3.05) is 26.4 Å². The molecule has 5 heterocycles. The normalized spacial score (nSPS) is 12.5. The molecule has 434 valence electrons. The first kappa shape index (κ1) is 59.6. The van der Waals surface area contributed by atoms with E-state index < -0.39 is 36.7 Å². The standard InChI is InChI=1S/C70H74N4O10/c1-67(2,3)45-31-43(32-46(37-45)68(4,5)6)65-55-23-19-51(71-55)63(41-15-13-17-49(35-41)81-27-29-83-61(79)39-59(75)76)53-21-25-57(73-53)66(44-33-47(69(7,8)9)38-48(34-44)70(10,11)12)58-26-22-54(74-58)64(52-20-24-56(65)72-52)42-16-14-18-50(36-42)82-28-30-84-62(80)40-60(77)78/h13-26,31-38,71,74H,27-30,39-40H2,1-12H3,(H,75,76)(H,77,78). The maximum Gasteiger partial charge on any atom is 0.317 e. The van der Waals surface area contributed by atoms with E-state index in [-0.39, 0.29) is 48.1 Å². The van der Waals surface area contributed by atoms with E-state index in [0.29, 0.717) is 22.9 Å². The first-order chi connectivity index (χ1) is 39.6. The summed E-state index contributed by atoms with van der Waals surface area (Å²) in [4.78, 5) is 65.3. The summed E-state index contributed by atoms with van der Waals surface area (Å²) in [5.74, 6) is -3.20. The molecule has 2 aliphatic heterocycles. The summed E-state index contributed by atoms with van der Waals surface area (Å²) in [5, 5.41) is 18.1. The molecule has 14 heteroatoms. The summed E-state index contributed by atoms with van der Waals surface area (Å²) in [6.45, 7) is 26.5. The fourth-order valence-electron chi connectivity index (χ4n) is 10.2.